The first-order chi connectivity index (χ1) is 58.9. The summed E-state index contributed by atoms with van der Waals surface area (Å²) in [7, 11) is 0. The van der Waals surface area contributed by atoms with E-state index >= 15 is 14.4 Å². The van der Waals surface area contributed by atoms with Crippen molar-refractivity contribution in [2.75, 3.05) is 52.5 Å². The average molecular weight is 1750 g/mol. The lowest BCUT2D eigenvalue weighted by Crippen LogP contribution is -2.55. The number of rotatable bonds is 68. The number of Topliss-reactive ketones (excluding diaryl/α,β-unsaturated/α-hetero) is 8. The van der Waals surface area contributed by atoms with Crippen LogP contribution in [0.1, 0.15) is 241 Å². The molecule has 36 heteroatoms. The van der Waals surface area contributed by atoms with E-state index in [0.29, 0.717) is 102 Å². The lowest BCUT2D eigenvalue weighted by Gasteiger charge is -2.30. The molecule has 0 radical (unpaired) electrons. The summed E-state index contributed by atoms with van der Waals surface area (Å²) < 4.78 is 0. The van der Waals surface area contributed by atoms with Crippen LogP contribution < -0.4 is 82.3 Å². The molecule has 2 aliphatic rings. The van der Waals surface area contributed by atoms with E-state index in [0.717, 1.165) is 0 Å². The lowest BCUT2D eigenvalue weighted by molar-refractivity contribution is -0.139. The highest BCUT2D eigenvalue weighted by Gasteiger charge is 2.43. The summed E-state index contributed by atoms with van der Waals surface area (Å²) in [6, 6.07) is -3.32. The minimum atomic E-state index is -1.60. The fourth-order valence-electron chi connectivity index (χ4n) is 15.8. The number of nitrogens with zero attached hydrogens (tertiary/aromatic N) is 1. The molecule has 0 aromatic heterocycles. The number of aliphatic hydroxyl groups is 3. The van der Waals surface area contributed by atoms with Gasteiger partial charge in [0.1, 0.15) is 30.0 Å². The van der Waals surface area contributed by atoms with Gasteiger partial charge in [0.05, 0.1) is 49.4 Å². The van der Waals surface area contributed by atoms with Crippen LogP contribution in [0.15, 0.2) is 35.3 Å². The minimum Gasteiger partial charge on any atom is -0.481 e. The maximum Gasteiger partial charge on any atom is 0.303 e. The van der Waals surface area contributed by atoms with Crippen LogP contribution in [0.25, 0.3) is 0 Å². The number of amides is 7. The van der Waals surface area contributed by atoms with Crippen LogP contribution in [0.4, 0.5) is 0 Å². The molecule has 36 nitrogen and oxygen atoms in total. The Kier molecular flexibility index (Phi) is 52.3. The number of carboxylic acid groups (broad SMARTS) is 1. The fraction of sp³-hybridized carbons (Fsp3) is 0.739. The zero-order valence-electron chi connectivity index (χ0n) is 74.3. The molecule has 2 saturated heterocycles. The van der Waals surface area contributed by atoms with E-state index in [2.05, 4.69) is 52.8 Å². The summed E-state index contributed by atoms with van der Waals surface area (Å²) in [5.41, 5.74) is 35.3. The molecule has 19 atom stereocenters. The van der Waals surface area contributed by atoms with Gasteiger partial charge in [0, 0.05) is 106 Å². The van der Waals surface area contributed by atoms with Crippen LogP contribution in [0.2, 0.25) is 0 Å². The maximum atomic E-state index is 15.2. The predicted molar refractivity (Wildman–Crippen MR) is 467 cm³/mol. The second kappa shape index (κ2) is 59.3. The summed E-state index contributed by atoms with van der Waals surface area (Å²) in [6.45, 7) is 13.4. The van der Waals surface area contributed by atoms with Crippen molar-refractivity contribution in [3.05, 3.63) is 35.9 Å². The van der Waals surface area contributed by atoms with Crippen molar-refractivity contribution in [1.82, 2.24) is 47.9 Å². The van der Waals surface area contributed by atoms with E-state index in [-0.39, 0.29) is 95.2 Å². The number of benzene rings is 1. The molecule has 1 aromatic rings. The van der Waals surface area contributed by atoms with Crippen LogP contribution in [0.5, 0.6) is 0 Å². The molecular weight excluding hydrogens is 1600 g/mol. The topological polar surface area (TPSA) is 631 Å². The molecule has 7 amide bonds. The Bertz CT molecular complexity index is 3610. The Balaban J connectivity index is 1.96. The molecule has 1 aromatic carbocycles. The monoisotopic (exact) mass is 1750 g/mol. The van der Waals surface area contributed by atoms with Crippen LogP contribution in [-0.4, -0.2) is 239 Å². The second-order valence-electron chi connectivity index (χ2n) is 34.3. The highest BCUT2D eigenvalue weighted by molar-refractivity contribution is 6.01. The van der Waals surface area contributed by atoms with Crippen LogP contribution in [-0.2, 0) is 83.1 Å². The zero-order valence-corrected chi connectivity index (χ0v) is 74.3. The van der Waals surface area contributed by atoms with Crippen molar-refractivity contribution in [1.29, 1.82) is 0 Å². The van der Waals surface area contributed by atoms with Crippen molar-refractivity contribution in [2.24, 2.45) is 92.7 Å². The Morgan fingerprint density at radius 3 is 1.44 bits per heavy atom. The van der Waals surface area contributed by atoms with Gasteiger partial charge in [-0.3, -0.25) is 76.9 Å². The van der Waals surface area contributed by atoms with Gasteiger partial charge in [-0.15, -0.1) is 0 Å². The van der Waals surface area contributed by atoms with Crippen molar-refractivity contribution in [3.63, 3.8) is 0 Å². The largest absolute Gasteiger partial charge is 0.481 e. The number of nitrogens with two attached hydrogens (primary N) is 6. The molecule has 0 spiro atoms. The van der Waals surface area contributed by atoms with E-state index in [1.165, 1.54) is 13.8 Å². The van der Waals surface area contributed by atoms with Gasteiger partial charge in [-0.2, -0.15) is 0 Å². The molecule has 2 aliphatic heterocycles. The van der Waals surface area contributed by atoms with Crippen molar-refractivity contribution in [3.8, 4) is 0 Å². The molecular formula is C88H148N16O20. The number of carbonyl (C=O) groups excluding carboxylic acids is 15. The summed E-state index contributed by atoms with van der Waals surface area (Å²) in [5, 5.41) is 67.3. The van der Waals surface area contributed by atoms with E-state index < -0.39 is 266 Å². The number of carboxylic acids is 1. The number of aliphatic carboxylic acids is 1. The Morgan fingerprint density at radius 2 is 0.935 bits per heavy atom. The van der Waals surface area contributed by atoms with E-state index in [4.69, 9.17) is 34.4 Å². The minimum absolute atomic E-state index is 0.0441. The standard InChI is InChI=1S/C88H148N16O20/c1-9-52(5)60(46-75(113)66(28-16-19-37-91)100-86(123)62(64-29-21-38-95-64)48-76(114)79(55(8)108)103-87(124)63(92)26-20-40-97-88(93)94)85(122)102-70(50-106)74(112)43-57(25-14-17-35-89)81(118)104-80(68-30-22-39-96-68)77(115)47-61(53(6)10-2)84(121)99-65(27-15-18-36-90)72(110)45-59(42-56-23-12-11-13-24-56)83(120)98-67(32-34-78(116)117)73(111)44-58(41-51(3)4)82(119)101-69(49-105)71(109)33-31-54(7)107/h11-13,23-24,51-53,55,57-70,79-80,95-96,105-106,108H,9-10,14-22,25-50,89-92H2,1-8H3,(H,98,120)(H,99,121)(H,100,123)(H,101,119)(H,102,122)(H,103,124)(H,104,118)(H,116,117)(H4,93,94,97). The predicted octanol–water partition coefficient (Wildman–Crippen LogP) is 0.654. The average Bonchev–Trinajstić information content (AvgIpc) is 1.19. The summed E-state index contributed by atoms with van der Waals surface area (Å²) >= 11 is 0. The molecule has 0 bridgehead atoms. The molecule has 0 aliphatic carbocycles. The van der Waals surface area contributed by atoms with E-state index in [9.17, 15) is 82.8 Å². The van der Waals surface area contributed by atoms with Gasteiger partial charge < -0.3 is 107 Å². The van der Waals surface area contributed by atoms with Gasteiger partial charge in [0.2, 0.25) is 41.4 Å². The third-order valence-corrected chi connectivity index (χ3v) is 23.8. The second-order valence-corrected chi connectivity index (χ2v) is 34.3. The normalized spacial score (nSPS) is 18.0. The van der Waals surface area contributed by atoms with Gasteiger partial charge >= 0.3 is 5.97 Å². The Morgan fingerprint density at radius 1 is 0.476 bits per heavy atom. The summed E-state index contributed by atoms with van der Waals surface area (Å²) in [6.07, 6.45) is 0.243. The number of aliphatic imine (C=N–C) groups is 1. The quantitative estimate of drug-likeness (QED) is 0.0242. The molecule has 124 heavy (non-hydrogen) atoms. The smallest absolute Gasteiger partial charge is 0.303 e. The molecule has 2 heterocycles. The molecule has 2 fully saturated rings. The Labute approximate surface area is 730 Å². The van der Waals surface area contributed by atoms with Crippen molar-refractivity contribution in [2.45, 2.75) is 308 Å². The van der Waals surface area contributed by atoms with Gasteiger partial charge in [-0.1, -0.05) is 91.1 Å². The highest BCUT2D eigenvalue weighted by Crippen LogP contribution is 2.29. The molecule has 0 saturated carbocycles. The van der Waals surface area contributed by atoms with Crippen LogP contribution in [0, 0.1) is 53.3 Å². The van der Waals surface area contributed by atoms with Gasteiger partial charge in [-0.25, -0.2) is 0 Å². The molecule has 700 valence electrons. The van der Waals surface area contributed by atoms with Crippen molar-refractivity contribution >= 4 is 99.5 Å². The number of hydrogen-bond donors (Lipinski definition) is 19. The lowest BCUT2D eigenvalue weighted by atomic mass is 9.83. The fourth-order valence-corrected chi connectivity index (χ4v) is 15.8. The van der Waals surface area contributed by atoms with Gasteiger partial charge in [-0.05, 0) is 179 Å². The number of nitrogens with one attached hydrogen (secondary N) is 9. The SMILES string of the molecule is CCC(C)C(CC(=O)C(CCCCN)NC(=O)C(CC(=O)C(NC(=O)C(N)CCCN=C(N)N)C(C)O)C1CCCN1)C(=O)NC(CO)C(=O)CC(CCCCN)C(=O)NC(C(=O)CC(C(=O)NC(CCCCN)C(=O)CC(Cc1ccccc1)C(=O)NC(CCC(=O)O)C(=O)CC(CC(C)C)C(=O)NC(CO)C(=O)CCC(C)=O)C(C)CC)C1CCCN1. The molecule has 25 N–H and O–H groups in total. The first-order valence-corrected chi connectivity index (χ1v) is 44.7. The van der Waals surface area contributed by atoms with Crippen molar-refractivity contribution < 1.29 is 97.1 Å². The van der Waals surface area contributed by atoms with E-state index in [1.54, 1.807) is 65.0 Å². The number of aliphatic hydroxyl groups excluding tert-OH is 3. The van der Waals surface area contributed by atoms with Gasteiger partial charge in [0.25, 0.3) is 0 Å². The first-order valence-electron chi connectivity index (χ1n) is 44.7. The highest BCUT2D eigenvalue weighted by atomic mass is 16.4. The van der Waals surface area contributed by atoms with Crippen LogP contribution in [0.3, 0.4) is 0 Å². The molecule has 3 rings (SSSR count). The summed E-state index contributed by atoms with van der Waals surface area (Å²) in [5.74, 6) is -19.4. The third kappa shape index (κ3) is 39.8. The number of carbonyl (C=O) groups is 16. The summed E-state index contributed by atoms with van der Waals surface area (Å²) in [4.78, 5) is 230. The number of ketones is 8. The number of unbranched alkanes of at least 4 members (excludes halogenated alkanes) is 3. The molecule has 19 unspecified atom stereocenters. The van der Waals surface area contributed by atoms with Gasteiger partial charge in [0.15, 0.2) is 46.4 Å². The van der Waals surface area contributed by atoms with E-state index in [1.807, 2.05) is 6.92 Å². The zero-order chi connectivity index (χ0) is 92.7. The number of guanidine groups is 1. The maximum absolute atomic E-state index is 15.2. The first kappa shape index (κ1) is 109. The number of hydrogen-bond acceptors (Lipinski definition) is 26. The Hall–Kier alpha value is -8.75. The van der Waals surface area contributed by atoms with Crippen LogP contribution >= 0.6 is 0 Å². The third-order valence-electron chi connectivity index (χ3n) is 23.8.